The molecule has 1 aromatic rings. The summed E-state index contributed by atoms with van der Waals surface area (Å²) < 4.78 is 57.7. The maximum atomic E-state index is 13.1. The van der Waals surface area contributed by atoms with Gasteiger partial charge in [-0.2, -0.15) is 13.2 Å². The molecular formula is C22H27F3O5. The van der Waals surface area contributed by atoms with Crippen molar-refractivity contribution in [3.63, 3.8) is 0 Å². The fraction of sp³-hybridized carbons (Fsp3) is 0.727. The predicted octanol–water partition coefficient (Wildman–Crippen LogP) is 5.29. The van der Waals surface area contributed by atoms with Crippen LogP contribution in [0.15, 0.2) is 24.3 Å². The van der Waals surface area contributed by atoms with E-state index in [9.17, 15) is 13.2 Å². The van der Waals surface area contributed by atoms with Crippen molar-refractivity contribution in [2.45, 2.75) is 76.6 Å². The first-order valence-corrected chi connectivity index (χ1v) is 10.7. The van der Waals surface area contributed by atoms with Crippen molar-refractivity contribution in [2.75, 3.05) is 0 Å². The lowest BCUT2D eigenvalue weighted by Gasteiger charge is -2.60. The molecule has 1 spiro atoms. The molecule has 30 heavy (non-hydrogen) atoms. The largest absolute Gasteiger partial charge is 0.465 e. The van der Waals surface area contributed by atoms with Gasteiger partial charge in [0, 0.05) is 18.3 Å². The molecule has 5 nitrogen and oxygen atoms in total. The van der Waals surface area contributed by atoms with Crippen LogP contribution in [-0.2, 0) is 25.4 Å². The van der Waals surface area contributed by atoms with Crippen LogP contribution in [0.25, 0.3) is 0 Å². The van der Waals surface area contributed by atoms with E-state index in [-0.39, 0.29) is 23.5 Å². The molecule has 1 aliphatic carbocycles. The van der Waals surface area contributed by atoms with Gasteiger partial charge in [-0.15, -0.1) is 0 Å². The highest BCUT2D eigenvalue weighted by molar-refractivity contribution is 5.30. The van der Waals surface area contributed by atoms with Gasteiger partial charge >= 0.3 is 6.18 Å². The fourth-order valence-corrected chi connectivity index (χ4v) is 5.89. The van der Waals surface area contributed by atoms with Crippen LogP contribution in [0.5, 0.6) is 5.75 Å². The number of ether oxygens (including phenoxy) is 3. The maximum absolute atomic E-state index is 13.1. The van der Waals surface area contributed by atoms with Crippen LogP contribution in [0.3, 0.4) is 0 Å². The van der Waals surface area contributed by atoms with Gasteiger partial charge in [0.25, 0.3) is 0 Å². The first-order valence-electron chi connectivity index (χ1n) is 10.7. The molecule has 1 aromatic carbocycles. The van der Waals surface area contributed by atoms with Gasteiger partial charge in [-0.05, 0) is 56.2 Å². The van der Waals surface area contributed by atoms with Crippen molar-refractivity contribution in [3.05, 3.63) is 29.8 Å². The molecule has 8 atom stereocenters. The standard InChI is InChI=1S/C22H27F3O5/c1-12-7-8-17-13(2)18(26-15-6-4-5-14(11-15)22(23,24)25)27-19-21(17)16(12)9-10-20(3,28-19)29-30-21/h4-6,11-13,16-19H,7-10H2,1-3H3/t12-,13-,16?,17+,18+,19-,20+,21?/m1/s1. The van der Waals surface area contributed by atoms with Gasteiger partial charge in [-0.25, -0.2) is 9.78 Å². The third-order valence-electron chi connectivity index (χ3n) is 7.51. The lowest BCUT2D eigenvalue weighted by atomic mass is 9.58. The third-order valence-corrected chi connectivity index (χ3v) is 7.51. The number of fused-ring (bicyclic) bond motifs is 2. The van der Waals surface area contributed by atoms with Crippen molar-refractivity contribution in [3.8, 4) is 5.75 Å². The minimum atomic E-state index is -4.43. The fourth-order valence-electron chi connectivity index (χ4n) is 5.89. The number of alkyl halides is 3. The molecule has 8 heteroatoms. The van der Waals surface area contributed by atoms with Crippen molar-refractivity contribution in [1.82, 2.24) is 0 Å². The van der Waals surface area contributed by atoms with Crippen molar-refractivity contribution >= 4 is 0 Å². The second-order valence-electron chi connectivity index (χ2n) is 9.42. The Bertz CT molecular complexity index is 816. The topological polar surface area (TPSA) is 46.2 Å². The molecule has 0 N–H and O–H groups in total. The third kappa shape index (κ3) is 3.06. The minimum Gasteiger partial charge on any atom is -0.465 e. The van der Waals surface area contributed by atoms with Gasteiger partial charge in [0.15, 0.2) is 11.9 Å². The minimum absolute atomic E-state index is 0.0518. The highest BCUT2D eigenvalue weighted by atomic mass is 19.4. The average Bonchev–Trinajstić information content (AvgIpc) is 2.91. The van der Waals surface area contributed by atoms with E-state index in [1.54, 1.807) is 0 Å². The Morgan fingerprint density at radius 3 is 2.63 bits per heavy atom. The van der Waals surface area contributed by atoms with Crippen LogP contribution in [0.4, 0.5) is 13.2 Å². The van der Waals surface area contributed by atoms with Gasteiger partial charge in [0.05, 0.1) is 5.56 Å². The highest BCUT2D eigenvalue weighted by Gasteiger charge is 2.69. The first-order chi connectivity index (χ1) is 14.1. The van der Waals surface area contributed by atoms with Crippen molar-refractivity contribution < 1.29 is 37.2 Å². The summed E-state index contributed by atoms with van der Waals surface area (Å²) in [5, 5.41) is 0. The summed E-state index contributed by atoms with van der Waals surface area (Å²) in [4.78, 5) is 11.8. The van der Waals surface area contributed by atoms with E-state index in [0.717, 1.165) is 31.4 Å². The molecular weight excluding hydrogens is 401 g/mol. The van der Waals surface area contributed by atoms with Crippen molar-refractivity contribution in [1.29, 1.82) is 0 Å². The SMILES string of the molecule is C[C@H]1[C@@H](Oc2cccc(C(F)(F)F)c2)O[C@@H]2O[C@]3(C)CCC4[C@H](C)CC[C@@H]1C42OO3. The first kappa shape index (κ1) is 20.5. The van der Waals surface area contributed by atoms with Crippen LogP contribution in [0, 0.1) is 23.7 Å². The summed E-state index contributed by atoms with van der Waals surface area (Å²) in [6, 6.07) is 4.89. The molecule has 166 valence electrons. The average molecular weight is 428 g/mol. The van der Waals surface area contributed by atoms with Crippen LogP contribution in [-0.4, -0.2) is 24.0 Å². The molecule has 4 saturated heterocycles. The Labute approximate surface area is 173 Å². The molecule has 5 aliphatic rings. The predicted molar refractivity (Wildman–Crippen MR) is 98.9 cm³/mol. The lowest BCUT2D eigenvalue weighted by molar-refractivity contribution is -0.575. The second-order valence-corrected chi connectivity index (χ2v) is 9.42. The molecule has 0 aromatic heterocycles. The summed E-state index contributed by atoms with van der Waals surface area (Å²) in [6.07, 6.45) is -2.31. The lowest BCUT2D eigenvalue weighted by Crippen LogP contribution is -2.70. The van der Waals surface area contributed by atoms with E-state index in [1.165, 1.54) is 12.1 Å². The zero-order chi connectivity index (χ0) is 21.3. The van der Waals surface area contributed by atoms with E-state index in [2.05, 4.69) is 6.92 Å². The summed E-state index contributed by atoms with van der Waals surface area (Å²) in [5.41, 5.74) is -1.47. The quantitative estimate of drug-likeness (QED) is 0.599. The van der Waals surface area contributed by atoms with Crippen molar-refractivity contribution in [2.24, 2.45) is 23.7 Å². The Morgan fingerprint density at radius 1 is 1.07 bits per heavy atom. The molecule has 0 radical (unpaired) electrons. The highest BCUT2D eigenvalue weighted by Crippen LogP contribution is 2.60. The van der Waals surface area contributed by atoms with Gasteiger partial charge in [0.1, 0.15) is 5.75 Å². The molecule has 6 rings (SSSR count). The van der Waals surface area contributed by atoms with Crippen LogP contribution in [0.1, 0.15) is 52.0 Å². The Kier molecular flexibility index (Phi) is 4.67. The number of benzene rings is 1. The van der Waals surface area contributed by atoms with E-state index in [0.29, 0.717) is 12.3 Å². The monoisotopic (exact) mass is 428 g/mol. The van der Waals surface area contributed by atoms with E-state index < -0.39 is 35.7 Å². The molecule has 4 heterocycles. The summed E-state index contributed by atoms with van der Waals surface area (Å²) in [5.74, 6) is -0.175. The van der Waals surface area contributed by atoms with Gasteiger partial charge in [-0.1, -0.05) is 19.9 Å². The van der Waals surface area contributed by atoms with E-state index in [1.807, 2.05) is 13.8 Å². The summed E-state index contributed by atoms with van der Waals surface area (Å²) in [7, 11) is 0. The zero-order valence-electron chi connectivity index (χ0n) is 17.3. The second kappa shape index (κ2) is 6.82. The number of halogens is 3. The molecule has 5 fully saturated rings. The van der Waals surface area contributed by atoms with E-state index >= 15 is 0 Å². The normalized spacial score (nSPS) is 45.5. The summed E-state index contributed by atoms with van der Waals surface area (Å²) in [6.45, 7) is 6.07. The zero-order valence-corrected chi connectivity index (χ0v) is 17.3. The molecule has 4 aliphatic heterocycles. The summed E-state index contributed by atoms with van der Waals surface area (Å²) >= 11 is 0. The van der Waals surface area contributed by atoms with E-state index in [4.69, 9.17) is 24.0 Å². The molecule has 1 saturated carbocycles. The molecule has 0 amide bonds. The number of hydrogen-bond acceptors (Lipinski definition) is 5. The number of rotatable bonds is 2. The Balaban J connectivity index is 1.46. The van der Waals surface area contributed by atoms with Crippen LogP contribution in [0.2, 0.25) is 0 Å². The Hall–Kier alpha value is -1.35. The van der Waals surface area contributed by atoms with Gasteiger partial charge < -0.3 is 14.2 Å². The Morgan fingerprint density at radius 2 is 1.87 bits per heavy atom. The van der Waals surface area contributed by atoms with Crippen LogP contribution < -0.4 is 4.74 Å². The molecule has 2 unspecified atom stereocenters. The molecule has 2 bridgehead atoms. The smallest absolute Gasteiger partial charge is 0.416 e. The van der Waals surface area contributed by atoms with Gasteiger partial charge in [-0.3, -0.25) is 0 Å². The number of hydrogen-bond donors (Lipinski definition) is 0. The van der Waals surface area contributed by atoms with Crippen LogP contribution >= 0.6 is 0 Å². The van der Waals surface area contributed by atoms with Gasteiger partial charge in [0.2, 0.25) is 12.1 Å². The maximum Gasteiger partial charge on any atom is 0.416 e.